The number of hydrogen-bond donors (Lipinski definition) is 0. The molecule has 0 aliphatic carbocycles. The van der Waals surface area contributed by atoms with Gasteiger partial charge < -0.3 is 9.64 Å². The molecule has 0 unspecified atom stereocenters. The number of aryl methyl sites for hydroxylation is 1. The van der Waals surface area contributed by atoms with Gasteiger partial charge in [-0.1, -0.05) is 0 Å². The molecule has 29 heavy (non-hydrogen) atoms. The van der Waals surface area contributed by atoms with Crippen molar-refractivity contribution in [2.24, 2.45) is 4.36 Å². The Balaban J connectivity index is 1.91. The summed E-state index contributed by atoms with van der Waals surface area (Å²) < 4.78 is 37.9. The maximum absolute atomic E-state index is 14.2. The minimum atomic E-state index is -2.42. The highest BCUT2D eigenvalue weighted by Gasteiger charge is 2.22. The molecule has 8 nitrogen and oxygen atoms in total. The van der Waals surface area contributed by atoms with Gasteiger partial charge >= 0.3 is 0 Å². The predicted octanol–water partition coefficient (Wildman–Crippen LogP) is 2.85. The van der Waals surface area contributed by atoms with Crippen LogP contribution < -0.4 is 4.90 Å². The molecule has 1 fully saturated rings. The number of morpholine rings is 1. The summed E-state index contributed by atoms with van der Waals surface area (Å²) in [5.74, 6) is 0.942. The summed E-state index contributed by atoms with van der Waals surface area (Å²) in [5.41, 5.74) is 1.72. The number of hydrogen-bond acceptors (Lipinski definition) is 7. The van der Waals surface area contributed by atoms with Crippen LogP contribution in [0.2, 0.25) is 0 Å². The van der Waals surface area contributed by atoms with Crippen LogP contribution in [0, 0.1) is 12.7 Å². The van der Waals surface area contributed by atoms with Crippen LogP contribution in [0.3, 0.4) is 0 Å². The highest BCUT2D eigenvalue weighted by atomic mass is 32.2. The number of halogens is 1. The Morgan fingerprint density at radius 2 is 2.07 bits per heavy atom. The number of nitrogens with zero attached hydrogens (tertiary/aromatic N) is 6. The van der Waals surface area contributed by atoms with E-state index in [1.165, 1.54) is 6.07 Å². The lowest BCUT2D eigenvalue weighted by atomic mass is 10.2. The van der Waals surface area contributed by atoms with Crippen molar-refractivity contribution in [2.75, 3.05) is 37.2 Å². The van der Waals surface area contributed by atoms with E-state index in [0.717, 1.165) is 0 Å². The Morgan fingerprint density at radius 3 is 2.79 bits per heavy atom. The number of aromatic nitrogens is 4. The molecule has 3 heterocycles. The quantitative estimate of drug-likeness (QED) is 0.650. The second kappa shape index (κ2) is 7.34. The number of ether oxygens (including phenoxy) is 1. The third-order valence-corrected chi connectivity index (χ3v) is 5.33. The Labute approximate surface area is 168 Å². The first-order valence-corrected chi connectivity index (χ1v) is 11.6. The maximum atomic E-state index is 14.2. The molecule has 2 aromatic heterocycles. The molecule has 1 saturated heterocycles. The molecule has 4 rings (SSSR count). The third kappa shape index (κ3) is 4.08. The highest BCUT2D eigenvalue weighted by Crippen LogP contribution is 2.26. The number of anilines is 1. The number of imidazole rings is 1. The smallest absolute Gasteiger partial charge is 0.239 e. The number of rotatable bonds is 3. The molecule has 1 aliphatic heterocycles. The Hall–Kier alpha value is -2.59. The molecule has 1 aromatic carbocycles. The number of fused-ring (bicyclic) bond motifs is 1. The normalized spacial score (nSPS) is 17.7. The van der Waals surface area contributed by atoms with E-state index < -0.39 is 9.73 Å². The van der Waals surface area contributed by atoms with Gasteiger partial charge in [0, 0.05) is 40.9 Å². The first kappa shape index (κ1) is 19.7. The van der Waals surface area contributed by atoms with E-state index in [1.807, 2.05) is 6.92 Å². The molecule has 0 amide bonds. The molecule has 0 saturated carbocycles. The van der Waals surface area contributed by atoms with Gasteiger partial charge in [-0.25, -0.2) is 13.6 Å². The van der Waals surface area contributed by atoms with Crippen molar-refractivity contribution in [1.29, 1.82) is 0 Å². The summed E-state index contributed by atoms with van der Waals surface area (Å²) in [6.45, 7) is 5.59. The molecule has 0 bridgehead atoms. The average Bonchev–Trinajstić information content (AvgIpc) is 3.03. The van der Waals surface area contributed by atoms with Gasteiger partial charge in [0.05, 0.1) is 30.3 Å². The van der Waals surface area contributed by atoms with Gasteiger partial charge in [0.15, 0.2) is 5.82 Å². The number of benzene rings is 1. The maximum Gasteiger partial charge on any atom is 0.239 e. The van der Waals surface area contributed by atoms with Gasteiger partial charge in [0.25, 0.3) is 0 Å². The Morgan fingerprint density at radius 1 is 1.28 bits per heavy atom. The topological polar surface area (TPSA) is 85.5 Å². The predicted molar refractivity (Wildman–Crippen MR) is 111 cm³/mol. The van der Waals surface area contributed by atoms with Gasteiger partial charge in [0.2, 0.25) is 5.95 Å². The highest BCUT2D eigenvalue weighted by molar-refractivity contribution is 7.92. The van der Waals surface area contributed by atoms with Crippen molar-refractivity contribution in [3.63, 3.8) is 0 Å². The van der Waals surface area contributed by atoms with E-state index in [9.17, 15) is 8.60 Å². The van der Waals surface area contributed by atoms with Gasteiger partial charge in [0.1, 0.15) is 18.0 Å². The minimum absolute atomic E-state index is 0.117. The standard InChI is InChI=1S/C19H23FN6O2S/c1-12-7-15-16(8-14(12)20)26(11-21-15)19-22-17(24-29(3,4)27)9-18(23-19)25-5-6-28-10-13(25)2/h7-9,11,13H,5-6,10H2,1-4H3/t13-/m1/s1. The van der Waals surface area contributed by atoms with E-state index in [1.54, 1.807) is 42.5 Å². The second-order valence-electron chi connectivity index (χ2n) is 7.48. The summed E-state index contributed by atoms with van der Waals surface area (Å²) in [7, 11) is -2.42. The molecular formula is C19H23FN6O2S. The molecule has 0 radical (unpaired) electrons. The molecule has 3 aromatic rings. The van der Waals surface area contributed by atoms with E-state index >= 15 is 0 Å². The van der Waals surface area contributed by atoms with Crippen LogP contribution in [0.4, 0.5) is 16.0 Å². The van der Waals surface area contributed by atoms with Crippen LogP contribution in [0.1, 0.15) is 12.5 Å². The zero-order valence-electron chi connectivity index (χ0n) is 16.8. The van der Waals surface area contributed by atoms with E-state index in [2.05, 4.69) is 24.2 Å². The Kier molecular flexibility index (Phi) is 4.99. The second-order valence-corrected chi connectivity index (χ2v) is 10.0. The van der Waals surface area contributed by atoms with Crippen LogP contribution in [0.25, 0.3) is 17.0 Å². The SMILES string of the molecule is Cc1cc2ncn(-c3nc(N=S(C)(C)=O)cc(N4CCOC[C@H]4C)n3)c2cc1F. The lowest BCUT2D eigenvalue weighted by Crippen LogP contribution is -2.44. The van der Waals surface area contributed by atoms with Crippen LogP contribution in [-0.4, -0.2) is 62.0 Å². The van der Waals surface area contributed by atoms with Crippen molar-refractivity contribution >= 4 is 32.4 Å². The largest absolute Gasteiger partial charge is 0.377 e. The summed E-state index contributed by atoms with van der Waals surface area (Å²) in [6, 6.07) is 4.95. The average molecular weight is 418 g/mol. The van der Waals surface area contributed by atoms with Crippen LogP contribution in [-0.2, 0) is 14.5 Å². The molecular weight excluding hydrogens is 395 g/mol. The lowest BCUT2D eigenvalue weighted by Gasteiger charge is -2.34. The van der Waals surface area contributed by atoms with Crippen LogP contribution >= 0.6 is 0 Å². The van der Waals surface area contributed by atoms with E-state index in [4.69, 9.17) is 4.74 Å². The zero-order valence-corrected chi connectivity index (χ0v) is 17.6. The third-order valence-electron chi connectivity index (χ3n) is 4.71. The van der Waals surface area contributed by atoms with Gasteiger partial charge in [-0.2, -0.15) is 14.3 Å². The van der Waals surface area contributed by atoms with E-state index in [-0.39, 0.29) is 11.9 Å². The van der Waals surface area contributed by atoms with Crippen molar-refractivity contribution < 1.29 is 13.3 Å². The summed E-state index contributed by atoms with van der Waals surface area (Å²) in [4.78, 5) is 15.6. The molecule has 154 valence electrons. The molecule has 0 N–H and O–H groups in total. The van der Waals surface area contributed by atoms with E-state index in [0.29, 0.717) is 53.9 Å². The Bertz CT molecular complexity index is 1190. The van der Waals surface area contributed by atoms with Crippen molar-refractivity contribution in [3.05, 3.63) is 35.9 Å². The van der Waals surface area contributed by atoms with Gasteiger partial charge in [-0.3, -0.25) is 4.57 Å². The first-order chi connectivity index (χ1) is 13.7. The van der Waals surface area contributed by atoms with Crippen molar-refractivity contribution in [2.45, 2.75) is 19.9 Å². The zero-order chi connectivity index (χ0) is 20.8. The van der Waals surface area contributed by atoms with Crippen LogP contribution in [0.5, 0.6) is 0 Å². The molecule has 1 aliphatic rings. The fourth-order valence-electron chi connectivity index (χ4n) is 3.30. The monoisotopic (exact) mass is 418 g/mol. The fraction of sp³-hybridized carbons (Fsp3) is 0.421. The molecule has 10 heteroatoms. The molecule has 0 spiro atoms. The van der Waals surface area contributed by atoms with Crippen molar-refractivity contribution in [1.82, 2.24) is 19.5 Å². The van der Waals surface area contributed by atoms with Gasteiger partial charge in [-0.15, -0.1) is 0 Å². The summed E-state index contributed by atoms with van der Waals surface area (Å²) in [6.07, 6.45) is 4.66. The minimum Gasteiger partial charge on any atom is -0.377 e. The van der Waals surface area contributed by atoms with Crippen LogP contribution in [0.15, 0.2) is 28.9 Å². The fourth-order valence-corrected chi connectivity index (χ4v) is 3.84. The van der Waals surface area contributed by atoms with Crippen molar-refractivity contribution in [3.8, 4) is 5.95 Å². The summed E-state index contributed by atoms with van der Waals surface area (Å²) in [5, 5.41) is 0. The molecule has 1 atom stereocenters. The summed E-state index contributed by atoms with van der Waals surface area (Å²) >= 11 is 0. The lowest BCUT2D eigenvalue weighted by molar-refractivity contribution is 0.0985. The van der Waals surface area contributed by atoms with Gasteiger partial charge in [-0.05, 0) is 25.5 Å². The first-order valence-electron chi connectivity index (χ1n) is 9.25.